The van der Waals surface area contributed by atoms with E-state index in [-0.39, 0.29) is 23.8 Å². The van der Waals surface area contributed by atoms with E-state index in [1.54, 1.807) is 19.1 Å². The van der Waals surface area contributed by atoms with Crippen molar-refractivity contribution in [2.24, 2.45) is 0 Å². The highest BCUT2D eigenvalue weighted by Gasteiger charge is 2.34. The van der Waals surface area contributed by atoms with Crippen LogP contribution in [0.15, 0.2) is 31.8 Å². The van der Waals surface area contributed by atoms with Gasteiger partial charge in [0.25, 0.3) is 0 Å². The van der Waals surface area contributed by atoms with Crippen LogP contribution in [0.4, 0.5) is 5.69 Å². The van der Waals surface area contributed by atoms with Crippen LogP contribution in [0, 0.1) is 0 Å². The van der Waals surface area contributed by atoms with Crippen LogP contribution in [0.5, 0.6) is 0 Å². The molecule has 0 amide bonds. The van der Waals surface area contributed by atoms with Crippen molar-refractivity contribution in [3.05, 3.63) is 44.2 Å². The van der Waals surface area contributed by atoms with E-state index in [1.807, 2.05) is 0 Å². The average Bonchev–Trinajstić information content (AvgIpc) is 3.27. The molecule has 25 heavy (non-hydrogen) atoms. The van der Waals surface area contributed by atoms with E-state index in [2.05, 4.69) is 37.0 Å². The smallest absolute Gasteiger partial charge is 0.232 e. The minimum absolute atomic E-state index is 0.202. The first-order valence-corrected chi connectivity index (χ1v) is 11.1. The summed E-state index contributed by atoms with van der Waals surface area (Å²) >= 11 is 6.79. The molecule has 1 aromatic carbocycles. The van der Waals surface area contributed by atoms with E-state index in [1.165, 1.54) is 10.5 Å². The Kier molecular flexibility index (Phi) is 5.09. The van der Waals surface area contributed by atoms with Gasteiger partial charge in [-0.2, -0.15) is 0 Å². The van der Waals surface area contributed by atoms with Gasteiger partial charge in [0.05, 0.1) is 28.2 Å². The lowest BCUT2D eigenvalue weighted by atomic mass is 10.0. The predicted octanol–water partition coefficient (Wildman–Crippen LogP) is 4.09. The molecule has 0 bridgehead atoms. The maximum Gasteiger partial charge on any atom is 0.232 e. The normalized spacial score (nSPS) is 14.6. The van der Waals surface area contributed by atoms with E-state index >= 15 is 0 Å². The number of aromatic nitrogens is 1. The number of anilines is 1. The van der Waals surface area contributed by atoms with Crippen molar-refractivity contribution in [1.82, 2.24) is 5.16 Å². The van der Waals surface area contributed by atoms with Gasteiger partial charge in [-0.25, -0.2) is 8.42 Å². The number of hydrogen-bond acceptors (Lipinski definition) is 5. The summed E-state index contributed by atoms with van der Waals surface area (Å²) in [6.07, 6.45) is 4.47. The Morgan fingerprint density at radius 3 is 2.56 bits per heavy atom. The second kappa shape index (κ2) is 6.85. The monoisotopic (exact) mass is 490 g/mol. The number of halogens is 2. The summed E-state index contributed by atoms with van der Waals surface area (Å²) in [5, 5.41) is 3.76. The van der Waals surface area contributed by atoms with Crippen molar-refractivity contribution in [3.63, 3.8) is 0 Å². The first kappa shape index (κ1) is 18.6. The van der Waals surface area contributed by atoms with Crippen molar-refractivity contribution >= 4 is 53.4 Å². The van der Waals surface area contributed by atoms with Crippen LogP contribution < -0.4 is 4.31 Å². The fourth-order valence-electron chi connectivity index (χ4n) is 2.73. The van der Waals surface area contributed by atoms with E-state index in [4.69, 9.17) is 4.52 Å². The minimum atomic E-state index is -3.56. The summed E-state index contributed by atoms with van der Waals surface area (Å²) in [7, 11) is -3.56. The lowest BCUT2D eigenvalue weighted by Gasteiger charge is -2.24. The Morgan fingerprint density at radius 1 is 1.32 bits per heavy atom. The maximum atomic E-state index is 13.1. The van der Waals surface area contributed by atoms with Crippen LogP contribution in [0.3, 0.4) is 0 Å². The topological polar surface area (TPSA) is 80.5 Å². The number of hydrogen-bond donors (Lipinski definition) is 0. The Bertz CT molecular complexity index is 936. The Labute approximate surface area is 162 Å². The fourth-order valence-corrected chi connectivity index (χ4v) is 4.72. The van der Waals surface area contributed by atoms with E-state index < -0.39 is 10.0 Å². The molecule has 3 rings (SSSR count). The Morgan fingerprint density at radius 2 is 2.00 bits per heavy atom. The molecular formula is C16H16Br2N2O4S. The van der Waals surface area contributed by atoms with Crippen LogP contribution in [-0.4, -0.2) is 32.2 Å². The quantitative estimate of drug-likeness (QED) is 0.568. The molecule has 1 saturated carbocycles. The molecule has 134 valence electrons. The standard InChI is InChI=1S/C16H16Br2N2O4S/c1-3-20(25(2,22)23)14-10(6-7-12(17)13(14)18)15(21)11-8-19-24-16(11)9-4-5-9/h6-9H,3-5H2,1-2H3. The predicted molar refractivity (Wildman–Crippen MR) is 102 cm³/mol. The van der Waals surface area contributed by atoms with Gasteiger partial charge in [0.2, 0.25) is 10.0 Å². The molecule has 0 saturated heterocycles. The second-order valence-corrected chi connectivity index (χ2v) is 9.45. The number of benzene rings is 1. The average molecular weight is 492 g/mol. The third kappa shape index (κ3) is 3.54. The highest BCUT2D eigenvalue weighted by molar-refractivity contribution is 9.13. The Balaban J connectivity index is 2.17. The molecule has 9 heteroatoms. The summed E-state index contributed by atoms with van der Waals surface area (Å²) in [5.74, 6) is 0.506. The van der Waals surface area contributed by atoms with Crippen LogP contribution in [0.25, 0.3) is 0 Å². The molecule has 0 spiro atoms. The lowest BCUT2D eigenvalue weighted by Crippen LogP contribution is -2.31. The molecule has 0 atom stereocenters. The van der Waals surface area contributed by atoms with Crippen LogP contribution in [-0.2, 0) is 10.0 Å². The third-order valence-corrected chi connectivity index (χ3v) is 7.28. The molecule has 1 aromatic heterocycles. The molecule has 1 aliphatic rings. The largest absolute Gasteiger partial charge is 0.360 e. The van der Waals surface area contributed by atoms with Gasteiger partial charge in [0.1, 0.15) is 0 Å². The first-order chi connectivity index (χ1) is 11.8. The van der Waals surface area contributed by atoms with Gasteiger partial charge >= 0.3 is 0 Å². The summed E-state index contributed by atoms with van der Waals surface area (Å²) < 4.78 is 32.1. The molecule has 0 aliphatic heterocycles. The van der Waals surface area contributed by atoms with Crippen LogP contribution >= 0.6 is 31.9 Å². The minimum Gasteiger partial charge on any atom is -0.360 e. The zero-order valence-electron chi connectivity index (χ0n) is 13.6. The van der Waals surface area contributed by atoms with E-state index in [9.17, 15) is 13.2 Å². The zero-order valence-corrected chi connectivity index (χ0v) is 17.6. The number of sulfonamides is 1. The number of rotatable bonds is 6. The van der Waals surface area contributed by atoms with Gasteiger partial charge in [0.15, 0.2) is 11.5 Å². The number of nitrogens with zero attached hydrogens (tertiary/aromatic N) is 2. The van der Waals surface area contributed by atoms with Crippen molar-refractivity contribution in [2.75, 3.05) is 17.1 Å². The molecule has 1 aliphatic carbocycles. The van der Waals surface area contributed by atoms with Gasteiger partial charge < -0.3 is 4.52 Å². The SMILES string of the molecule is CCN(c1c(C(=O)c2cnoc2C2CC2)ccc(Br)c1Br)S(C)(=O)=O. The second-order valence-electron chi connectivity index (χ2n) is 5.89. The lowest BCUT2D eigenvalue weighted by molar-refractivity contribution is 0.103. The van der Waals surface area contributed by atoms with Crippen LogP contribution in [0.1, 0.15) is 47.4 Å². The molecule has 2 aromatic rings. The van der Waals surface area contributed by atoms with Crippen molar-refractivity contribution in [1.29, 1.82) is 0 Å². The molecule has 0 N–H and O–H groups in total. The van der Waals surface area contributed by atoms with Gasteiger partial charge in [0, 0.05) is 22.5 Å². The Hall–Kier alpha value is -1.19. The molecule has 0 radical (unpaired) electrons. The van der Waals surface area contributed by atoms with Crippen molar-refractivity contribution in [3.8, 4) is 0 Å². The highest BCUT2D eigenvalue weighted by Crippen LogP contribution is 2.43. The zero-order chi connectivity index (χ0) is 18.4. The van der Waals surface area contributed by atoms with E-state index in [0.29, 0.717) is 26.0 Å². The fraction of sp³-hybridized carbons (Fsp3) is 0.375. The maximum absolute atomic E-state index is 13.1. The van der Waals surface area contributed by atoms with Gasteiger partial charge in [-0.15, -0.1) is 0 Å². The molecule has 6 nitrogen and oxygen atoms in total. The summed E-state index contributed by atoms with van der Waals surface area (Å²) in [5.41, 5.74) is 0.988. The number of carbonyl (C=O) groups is 1. The molecule has 0 unspecified atom stereocenters. The van der Waals surface area contributed by atoms with Crippen molar-refractivity contribution < 1.29 is 17.7 Å². The molecule has 1 fully saturated rings. The third-order valence-electron chi connectivity index (χ3n) is 4.04. The summed E-state index contributed by atoms with van der Waals surface area (Å²) in [6, 6.07) is 3.32. The van der Waals surface area contributed by atoms with Crippen molar-refractivity contribution in [2.45, 2.75) is 25.7 Å². The highest BCUT2D eigenvalue weighted by atomic mass is 79.9. The number of carbonyl (C=O) groups excluding carboxylic acids is 1. The molecule has 1 heterocycles. The van der Waals surface area contributed by atoms with Gasteiger partial charge in [-0.05, 0) is 63.8 Å². The van der Waals surface area contributed by atoms with Crippen LogP contribution in [0.2, 0.25) is 0 Å². The summed E-state index contributed by atoms with van der Waals surface area (Å²) in [4.78, 5) is 13.1. The first-order valence-electron chi connectivity index (χ1n) is 7.70. The molecular weight excluding hydrogens is 476 g/mol. The van der Waals surface area contributed by atoms with E-state index in [0.717, 1.165) is 19.1 Å². The van der Waals surface area contributed by atoms with Gasteiger partial charge in [-0.1, -0.05) is 5.16 Å². The number of ketones is 1. The van der Waals surface area contributed by atoms with Gasteiger partial charge in [-0.3, -0.25) is 9.10 Å². The summed E-state index contributed by atoms with van der Waals surface area (Å²) in [6.45, 7) is 1.92.